The average Bonchev–Trinajstić information content (AvgIpc) is 2.84. The second kappa shape index (κ2) is 5.36. The van der Waals surface area contributed by atoms with Crippen molar-refractivity contribution in [3.05, 3.63) is 24.0 Å². The predicted octanol–water partition coefficient (Wildman–Crippen LogP) is 2.30. The van der Waals surface area contributed by atoms with Gasteiger partial charge in [0.25, 0.3) is 0 Å². The van der Waals surface area contributed by atoms with Crippen LogP contribution in [0.1, 0.15) is 19.8 Å². The molecule has 1 atom stereocenters. The molecule has 0 aromatic heterocycles. The molecular formula is C13H20FN3. The van der Waals surface area contributed by atoms with Crippen LogP contribution in [0.5, 0.6) is 0 Å². The number of benzene rings is 1. The zero-order chi connectivity index (χ0) is 12.3. The van der Waals surface area contributed by atoms with E-state index in [1.54, 1.807) is 6.07 Å². The zero-order valence-electron chi connectivity index (χ0n) is 10.2. The molecule has 17 heavy (non-hydrogen) atoms. The number of halogens is 1. The van der Waals surface area contributed by atoms with Crippen molar-refractivity contribution < 1.29 is 4.39 Å². The van der Waals surface area contributed by atoms with E-state index in [0.717, 1.165) is 6.54 Å². The summed E-state index contributed by atoms with van der Waals surface area (Å²) < 4.78 is 13.2. The van der Waals surface area contributed by atoms with Crippen LogP contribution in [0.4, 0.5) is 15.8 Å². The summed E-state index contributed by atoms with van der Waals surface area (Å²) >= 11 is 0. The summed E-state index contributed by atoms with van der Waals surface area (Å²) in [6.45, 7) is 5.32. The number of nitrogens with two attached hydrogens (primary N) is 1. The Kier molecular flexibility index (Phi) is 3.84. The lowest BCUT2D eigenvalue weighted by molar-refractivity contribution is 0.269. The lowest BCUT2D eigenvalue weighted by Gasteiger charge is -2.24. The van der Waals surface area contributed by atoms with Crippen LogP contribution in [0.3, 0.4) is 0 Å². The summed E-state index contributed by atoms with van der Waals surface area (Å²) in [6, 6.07) is 5.33. The second-order valence-electron chi connectivity index (χ2n) is 4.67. The second-order valence-corrected chi connectivity index (χ2v) is 4.67. The van der Waals surface area contributed by atoms with Crippen LogP contribution in [-0.2, 0) is 0 Å². The molecule has 1 aromatic carbocycles. The van der Waals surface area contributed by atoms with Crippen molar-refractivity contribution in [3.8, 4) is 0 Å². The van der Waals surface area contributed by atoms with Gasteiger partial charge < -0.3 is 11.1 Å². The van der Waals surface area contributed by atoms with Crippen molar-refractivity contribution in [2.45, 2.75) is 25.8 Å². The molecule has 1 aliphatic rings. The van der Waals surface area contributed by atoms with E-state index in [1.165, 1.54) is 32.0 Å². The van der Waals surface area contributed by atoms with E-state index in [1.807, 2.05) is 6.07 Å². The van der Waals surface area contributed by atoms with Crippen molar-refractivity contribution >= 4 is 11.4 Å². The smallest absolute Gasteiger partial charge is 0.148 e. The number of hydrogen-bond acceptors (Lipinski definition) is 3. The monoisotopic (exact) mass is 237 g/mol. The highest BCUT2D eigenvalue weighted by Crippen LogP contribution is 2.21. The Morgan fingerprint density at radius 3 is 2.82 bits per heavy atom. The standard InChI is InChI=1S/C13H20FN3/c1-10(17-7-2-3-8-17)9-16-12-6-4-5-11(14)13(12)15/h4-6,10,16H,2-3,7-9,15H2,1H3. The minimum atomic E-state index is -0.358. The lowest BCUT2D eigenvalue weighted by atomic mass is 10.2. The van der Waals surface area contributed by atoms with E-state index in [0.29, 0.717) is 11.7 Å². The van der Waals surface area contributed by atoms with Gasteiger partial charge in [0.15, 0.2) is 0 Å². The summed E-state index contributed by atoms with van der Waals surface area (Å²) in [5, 5.41) is 3.22. The van der Waals surface area contributed by atoms with E-state index >= 15 is 0 Å². The largest absolute Gasteiger partial charge is 0.395 e. The number of likely N-dealkylation sites (tertiary alicyclic amines) is 1. The molecule has 94 valence electrons. The highest BCUT2D eigenvalue weighted by atomic mass is 19.1. The van der Waals surface area contributed by atoms with Gasteiger partial charge in [0.05, 0.1) is 11.4 Å². The van der Waals surface area contributed by atoms with Crippen LogP contribution in [0.15, 0.2) is 18.2 Å². The lowest BCUT2D eigenvalue weighted by Crippen LogP contribution is -2.35. The molecule has 1 heterocycles. The Bertz CT molecular complexity index is 375. The number of nitrogens with one attached hydrogen (secondary N) is 1. The number of rotatable bonds is 4. The molecule has 1 aliphatic heterocycles. The topological polar surface area (TPSA) is 41.3 Å². The maximum absolute atomic E-state index is 13.2. The third-order valence-electron chi connectivity index (χ3n) is 3.40. The molecule has 4 heteroatoms. The maximum atomic E-state index is 13.2. The fourth-order valence-electron chi connectivity index (χ4n) is 2.26. The third kappa shape index (κ3) is 2.88. The minimum absolute atomic E-state index is 0.209. The van der Waals surface area contributed by atoms with Gasteiger partial charge in [-0.25, -0.2) is 4.39 Å². The Morgan fingerprint density at radius 1 is 1.41 bits per heavy atom. The highest BCUT2D eigenvalue weighted by Gasteiger charge is 2.17. The van der Waals surface area contributed by atoms with Gasteiger partial charge in [0.2, 0.25) is 0 Å². The fourth-order valence-corrected chi connectivity index (χ4v) is 2.26. The first-order chi connectivity index (χ1) is 8.18. The Labute approximate surface area is 102 Å². The highest BCUT2D eigenvalue weighted by molar-refractivity contribution is 5.66. The van der Waals surface area contributed by atoms with Crippen molar-refractivity contribution in [1.82, 2.24) is 4.90 Å². The molecule has 0 saturated carbocycles. The molecular weight excluding hydrogens is 217 g/mol. The summed E-state index contributed by atoms with van der Waals surface area (Å²) in [6.07, 6.45) is 2.57. The summed E-state index contributed by atoms with van der Waals surface area (Å²) in [5.74, 6) is -0.358. The van der Waals surface area contributed by atoms with Gasteiger partial charge in [-0.15, -0.1) is 0 Å². The van der Waals surface area contributed by atoms with Gasteiger partial charge >= 0.3 is 0 Å². The van der Waals surface area contributed by atoms with E-state index in [2.05, 4.69) is 17.1 Å². The Balaban J connectivity index is 1.90. The number of nitrogen functional groups attached to an aromatic ring is 1. The van der Waals surface area contributed by atoms with Gasteiger partial charge in [-0.3, -0.25) is 4.90 Å². The molecule has 0 aliphatic carbocycles. The fraction of sp³-hybridized carbons (Fsp3) is 0.538. The van der Waals surface area contributed by atoms with E-state index in [9.17, 15) is 4.39 Å². The maximum Gasteiger partial charge on any atom is 0.148 e. The number of anilines is 2. The van der Waals surface area contributed by atoms with Crippen LogP contribution in [0.25, 0.3) is 0 Å². The van der Waals surface area contributed by atoms with Crippen LogP contribution >= 0.6 is 0 Å². The Morgan fingerprint density at radius 2 is 2.12 bits per heavy atom. The molecule has 2 rings (SSSR count). The van der Waals surface area contributed by atoms with E-state index < -0.39 is 0 Å². The van der Waals surface area contributed by atoms with Crippen molar-refractivity contribution in [2.75, 3.05) is 30.7 Å². The van der Waals surface area contributed by atoms with E-state index in [-0.39, 0.29) is 11.5 Å². The first-order valence-electron chi connectivity index (χ1n) is 6.20. The van der Waals surface area contributed by atoms with Gasteiger partial charge in [-0.05, 0) is 45.0 Å². The summed E-state index contributed by atoms with van der Waals surface area (Å²) in [5.41, 5.74) is 6.57. The zero-order valence-corrected chi connectivity index (χ0v) is 10.2. The van der Waals surface area contributed by atoms with Crippen LogP contribution in [0, 0.1) is 5.82 Å². The number of nitrogens with zero attached hydrogens (tertiary/aromatic N) is 1. The predicted molar refractivity (Wildman–Crippen MR) is 69.6 cm³/mol. The Hall–Kier alpha value is -1.29. The molecule has 1 unspecified atom stereocenters. The van der Waals surface area contributed by atoms with Crippen molar-refractivity contribution in [2.24, 2.45) is 0 Å². The molecule has 0 radical (unpaired) electrons. The first kappa shape index (κ1) is 12.2. The van der Waals surface area contributed by atoms with E-state index in [4.69, 9.17) is 5.73 Å². The number of hydrogen-bond donors (Lipinski definition) is 2. The molecule has 3 nitrogen and oxygen atoms in total. The van der Waals surface area contributed by atoms with Crippen LogP contribution in [-0.4, -0.2) is 30.6 Å². The van der Waals surface area contributed by atoms with Gasteiger partial charge in [0.1, 0.15) is 5.82 Å². The molecule has 1 saturated heterocycles. The quantitative estimate of drug-likeness (QED) is 0.790. The van der Waals surface area contributed by atoms with Gasteiger partial charge in [0, 0.05) is 12.6 Å². The van der Waals surface area contributed by atoms with Crippen molar-refractivity contribution in [1.29, 1.82) is 0 Å². The molecule has 0 bridgehead atoms. The van der Waals surface area contributed by atoms with Crippen LogP contribution < -0.4 is 11.1 Å². The average molecular weight is 237 g/mol. The summed E-state index contributed by atoms with van der Waals surface area (Å²) in [7, 11) is 0. The molecule has 1 aromatic rings. The van der Waals surface area contributed by atoms with Gasteiger partial charge in [-0.1, -0.05) is 6.07 Å². The molecule has 3 N–H and O–H groups in total. The number of para-hydroxylation sites is 1. The SMILES string of the molecule is CC(CNc1cccc(F)c1N)N1CCCC1. The van der Waals surface area contributed by atoms with Crippen LogP contribution in [0.2, 0.25) is 0 Å². The minimum Gasteiger partial charge on any atom is -0.395 e. The van der Waals surface area contributed by atoms with Gasteiger partial charge in [-0.2, -0.15) is 0 Å². The summed E-state index contributed by atoms with van der Waals surface area (Å²) in [4.78, 5) is 2.45. The first-order valence-corrected chi connectivity index (χ1v) is 6.20. The molecule has 1 fully saturated rings. The van der Waals surface area contributed by atoms with Crippen molar-refractivity contribution in [3.63, 3.8) is 0 Å². The third-order valence-corrected chi connectivity index (χ3v) is 3.40. The molecule has 0 amide bonds. The normalized spacial score (nSPS) is 18.2. The molecule has 0 spiro atoms.